The minimum atomic E-state index is -0.282. The number of hydrogen-bond acceptors (Lipinski definition) is 4. The predicted octanol–water partition coefficient (Wildman–Crippen LogP) is 2.78. The maximum Gasteiger partial charge on any atom is 0.410 e. The molecule has 0 aliphatic carbocycles. The summed E-state index contributed by atoms with van der Waals surface area (Å²) in [4.78, 5) is 28.9. The Bertz CT molecular complexity index is 709. The molecule has 1 aromatic heterocycles. The van der Waals surface area contributed by atoms with Crippen LogP contribution in [0, 0.1) is 6.92 Å². The average Bonchev–Trinajstić information content (AvgIpc) is 3.07. The lowest BCUT2D eigenvalue weighted by Crippen LogP contribution is -2.53. The summed E-state index contributed by atoms with van der Waals surface area (Å²) in [6.45, 7) is 13.8. The van der Waals surface area contributed by atoms with Crippen LogP contribution in [-0.4, -0.2) is 62.9 Å². The van der Waals surface area contributed by atoms with Gasteiger partial charge in [0.2, 0.25) is 0 Å². The summed E-state index contributed by atoms with van der Waals surface area (Å²) in [5.41, 5.74) is 0.950. The number of hydrogen-bond donors (Lipinski definition) is 0. The van der Waals surface area contributed by atoms with E-state index < -0.39 is 0 Å². The van der Waals surface area contributed by atoms with Gasteiger partial charge in [0.15, 0.2) is 0 Å². The van der Waals surface area contributed by atoms with Crippen LogP contribution in [0.5, 0.6) is 0 Å². The third kappa shape index (κ3) is 3.31. The highest BCUT2D eigenvalue weighted by molar-refractivity contribution is 5.93. The van der Waals surface area contributed by atoms with Crippen LogP contribution in [0.1, 0.15) is 63.6 Å². The number of carbonyl (C=O) groups is 2. The van der Waals surface area contributed by atoms with Gasteiger partial charge in [-0.2, -0.15) is 5.10 Å². The number of aromatic nitrogens is 2. The van der Waals surface area contributed by atoms with Crippen LogP contribution in [-0.2, 0) is 10.3 Å². The van der Waals surface area contributed by atoms with Gasteiger partial charge in [-0.05, 0) is 60.5 Å². The van der Waals surface area contributed by atoms with E-state index in [2.05, 4.69) is 5.10 Å². The molecule has 2 fully saturated rings. The molecule has 26 heavy (non-hydrogen) atoms. The van der Waals surface area contributed by atoms with Crippen molar-refractivity contribution in [2.45, 2.75) is 71.5 Å². The highest BCUT2D eigenvalue weighted by Gasteiger charge is 2.45. The Hall–Kier alpha value is -2.05. The lowest BCUT2D eigenvalue weighted by molar-refractivity contribution is 0.0572. The van der Waals surface area contributed by atoms with Crippen molar-refractivity contribution < 1.29 is 14.3 Å². The number of likely N-dealkylation sites (tertiary alicyclic amines) is 1. The Morgan fingerprint density at radius 1 is 1.27 bits per heavy atom. The van der Waals surface area contributed by atoms with Crippen LogP contribution in [0.15, 0.2) is 6.07 Å². The van der Waals surface area contributed by atoms with Gasteiger partial charge in [-0.15, -0.1) is 0 Å². The lowest BCUT2D eigenvalue weighted by atomic mass is 9.97. The van der Waals surface area contributed by atoms with Crippen molar-refractivity contribution in [3.8, 4) is 0 Å². The molecule has 3 heterocycles. The zero-order chi connectivity index (χ0) is 19.3. The summed E-state index contributed by atoms with van der Waals surface area (Å²) < 4.78 is 7.05. The van der Waals surface area contributed by atoms with Crippen LogP contribution < -0.4 is 0 Å². The van der Waals surface area contributed by atoms with Crippen LogP contribution >= 0.6 is 0 Å². The van der Waals surface area contributed by atoms with Crippen molar-refractivity contribution in [1.82, 2.24) is 19.6 Å². The third-order valence-corrected chi connectivity index (χ3v) is 5.20. The van der Waals surface area contributed by atoms with E-state index in [9.17, 15) is 9.59 Å². The molecule has 7 nitrogen and oxygen atoms in total. The summed E-state index contributed by atoms with van der Waals surface area (Å²) in [5.74, 6) is 0.0160. The molecule has 0 radical (unpaired) electrons. The fourth-order valence-corrected chi connectivity index (χ4v) is 3.92. The summed E-state index contributed by atoms with van der Waals surface area (Å²) in [7, 11) is 0. The number of piperidine rings is 1. The van der Waals surface area contributed by atoms with Crippen LogP contribution in [0.4, 0.5) is 4.79 Å². The standard InChI is InChI=1S/C19H30N4O3/c1-13-11-15(23(20-13)18(2,3)4)16(24)21-9-7-14(8-10-21)22-17(25)26-12-19(22,5)6/h11,14H,7-10,12H2,1-6H3. The first-order valence-electron chi connectivity index (χ1n) is 9.33. The van der Waals surface area contributed by atoms with Crippen molar-refractivity contribution in [3.05, 3.63) is 17.5 Å². The molecule has 1 aromatic rings. The van der Waals surface area contributed by atoms with Crippen LogP contribution in [0.25, 0.3) is 0 Å². The van der Waals surface area contributed by atoms with E-state index in [-0.39, 0.29) is 29.1 Å². The molecular formula is C19H30N4O3. The second kappa shape index (κ2) is 6.28. The normalized spacial score (nSPS) is 21.2. The summed E-state index contributed by atoms with van der Waals surface area (Å²) in [5, 5.41) is 4.50. The Kier molecular flexibility index (Phi) is 4.53. The van der Waals surface area contributed by atoms with Gasteiger partial charge < -0.3 is 9.64 Å². The quantitative estimate of drug-likeness (QED) is 0.811. The minimum Gasteiger partial charge on any atom is -0.447 e. The molecule has 0 aromatic carbocycles. The van der Waals surface area contributed by atoms with Gasteiger partial charge in [-0.3, -0.25) is 14.4 Å². The largest absolute Gasteiger partial charge is 0.447 e. The van der Waals surface area contributed by atoms with Crippen molar-refractivity contribution in [1.29, 1.82) is 0 Å². The summed E-state index contributed by atoms with van der Waals surface area (Å²) in [6.07, 6.45) is 1.31. The lowest BCUT2D eigenvalue weighted by Gasteiger charge is -2.40. The Morgan fingerprint density at radius 2 is 1.88 bits per heavy atom. The van der Waals surface area contributed by atoms with Gasteiger partial charge in [0.1, 0.15) is 12.3 Å². The fourth-order valence-electron chi connectivity index (χ4n) is 3.92. The van der Waals surface area contributed by atoms with E-state index in [4.69, 9.17) is 4.74 Å². The first-order chi connectivity index (χ1) is 12.0. The second-order valence-electron chi connectivity index (χ2n) is 9.01. The van der Waals surface area contributed by atoms with E-state index >= 15 is 0 Å². The van der Waals surface area contributed by atoms with Crippen LogP contribution in [0.3, 0.4) is 0 Å². The first-order valence-corrected chi connectivity index (χ1v) is 9.33. The SMILES string of the molecule is Cc1cc(C(=O)N2CCC(N3C(=O)OCC3(C)C)CC2)n(C(C)(C)C)n1. The molecule has 144 valence electrons. The van der Waals surface area contributed by atoms with Gasteiger partial charge in [0, 0.05) is 19.1 Å². The van der Waals surface area contributed by atoms with Gasteiger partial charge in [0.25, 0.3) is 5.91 Å². The molecule has 0 N–H and O–H groups in total. The van der Waals surface area contributed by atoms with Crippen molar-refractivity contribution >= 4 is 12.0 Å². The molecule has 3 rings (SSSR count). The molecule has 2 amide bonds. The predicted molar refractivity (Wildman–Crippen MR) is 98.2 cm³/mol. The smallest absolute Gasteiger partial charge is 0.410 e. The van der Waals surface area contributed by atoms with E-state index in [0.29, 0.717) is 25.4 Å². The van der Waals surface area contributed by atoms with Gasteiger partial charge in [-0.25, -0.2) is 4.79 Å². The maximum absolute atomic E-state index is 13.1. The first kappa shape index (κ1) is 18.7. The van der Waals surface area contributed by atoms with Gasteiger partial charge >= 0.3 is 6.09 Å². The van der Waals surface area contributed by atoms with Gasteiger partial charge in [-0.1, -0.05) is 0 Å². The van der Waals surface area contributed by atoms with Gasteiger partial charge in [0.05, 0.1) is 16.8 Å². The van der Waals surface area contributed by atoms with E-state index in [0.717, 1.165) is 18.5 Å². The van der Waals surface area contributed by atoms with E-state index in [1.807, 2.05) is 62.1 Å². The number of ether oxygens (including phenoxy) is 1. The van der Waals surface area contributed by atoms with Crippen molar-refractivity contribution in [2.75, 3.05) is 19.7 Å². The second-order valence-corrected chi connectivity index (χ2v) is 9.01. The summed E-state index contributed by atoms with van der Waals surface area (Å²) >= 11 is 0. The minimum absolute atomic E-state index is 0.0160. The number of nitrogens with zero attached hydrogens (tertiary/aromatic N) is 4. The Labute approximate surface area is 155 Å². The molecule has 2 aliphatic rings. The molecule has 0 bridgehead atoms. The molecule has 0 atom stereocenters. The highest BCUT2D eigenvalue weighted by atomic mass is 16.6. The number of amides is 2. The Morgan fingerprint density at radius 3 is 2.38 bits per heavy atom. The number of cyclic esters (lactones) is 1. The number of rotatable bonds is 2. The highest BCUT2D eigenvalue weighted by Crippen LogP contribution is 2.31. The van der Waals surface area contributed by atoms with E-state index in [1.165, 1.54) is 0 Å². The molecule has 0 spiro atoms. The third-order valence-electron chi connectivity index (χ3n) is 5.20. The molecule has 0 unspecified atom stereocenters. The fraction of sp³-hybridized carbons (Fsp3) is 0.737. The zero-order valence-electron chi connectivity index (χ0n) is 16.7. The molecule has 2 saturated heterocycles. The molecular weight excluding hydrogens is 332 g/mol. The topological polar surface area (TPSA) is 67.7 Å². The average molecular weight is 362 g/mol. The van der Waals surface area contributed by atoms with Crippen molar-refractivity contribution in [2.24, 2.45) is 0 Å². The molecule has 0 saturated carbocycles. The molecule has 7 heteroatoms. The number of aryl methyl sites for hydroxylation is 1. The molecule has 2 aliphatic heterocycles. The van der Waals surface area contributed by atoms with Crippen LogP contribution in [0.2, 0.25) is 0 Å². The van der Waals surface area contributed by atoms with Crippen molar-refractivity contribution in [3.63, 3.8) is 0 Å². The zero-order valence-corrected chi connectivity index (χ0v) is 16.7. The Balaban J connectivity index is 1.71. The summed E-state index contributed by atoms with van der Waals surface area (Å²) in [6, 6.07) is 1.99. The van der Waals surface area contributed by atoms with E-state index in [1.54, 1.807) is 0 Å². The maximum atomic E-state index is 13.1. The number of carbonyl (C=O) groups excluding carboxylic acids is 2. The monoisotopic (exact) mass is 362 g/mol.